The van der Waals surface area contributed by atoms with Gasteiger partial charge in [0, 0.05) is 44.0 Å². The lowest BCUT2D eigenvalue weighted by atomic mass is 10.0. The minimum Gasteiger partial charge on any atom is -0.436 e. The molecule has 262 valence electrons. The average molecular weight is 719 g/mol. The summed E-state index contributed by atoms with van der Waals surface area (Å²) in [5, 5.41) is 4.76. The summed E-state index contributed by atoms with van der Waals surface area (Å²) < 4.78 is 17.3. The Kier molecular flexibility index (Phi) is 6.53. The fourth-order valence-electron chi connectivity index (χ4n) is 8.38. The highest BCUT2D eigenvalue weighted by molar-refractivity contribution is 6.11. The van der Waals surface area contributed by atoms with E-state index in [-0.39, 0.29) is 0 Å². The van der Waals surface area contributed by atoms with Crippen LogP contribution >= 0.6 is 0 Å². The molecule has 12 rings (SSSR count). The third kappa shape index (κ3) is 4.69. The Bertz CT molecular complexity index is 3320. The van der Waals surface area contributed by atoms with Crippen LogP contribution < -0.4 is 0 Å². The van der Waals surface area contributed by atoms with E-state index in [9.17, 15) is 0 Å². The van der Waals surface area contributed by atoms with E-state index in [0.29, 0.717) is 17.4 Å². The Morgan fingerprint density at radius 2 is 0.714 bits per heavy atom. The van der Waals surface area contributed by atoms with Crippen molar-refractivity contribution in [1.29, 1.82) is 0 Å². The number of hydrogen-bond donors (Lipinski definition) is 0. The highest BCUT2D eigenvalue weighted by atomic mass is 16.4. The molecule has 0 aliphatic carbocycles. The Labute approximate surface area is 320 Å². The molecule has 12 aromatic rings. The van der Waals surface area contributed by atoms with E-state index in [1.54, 1.807) is 0 Å². The van der Waals surface area contributed by atoms with Gasteiger partial charge in [0.1, 0.15) is 11.0 Å². The van der Waals surface area contributed by atoms with Crippen molar-refractivity contribution < 1.29 is 8.83 Å². The zero-order valence-corrected chi connectivity index (χ0v) is 29.9. The lowest BCUT2D eigenvalue weighted by Gasteiger charge is -2.08. The number of para-hydroxylation sites is 4. The molecule has 0 spiro atoms. The van der Waals surface area contributed by atoms with Crippen molar-refractivity contribution in [2.75, 3.05) is 0 Å². The summed E-state index contributed by atoms with van der Waals surface area (Å²) >= 11 is 0. The first-order valence-corrected chi connectivity index (χ1v) is 18.7. The molecule has 0 amide bonds. The highest BCUT2D eigenvalue weighted by Crippen LogP contribution is 2.38. The molecule has 6 nitrogen and oxygen atoms in total. The van der Waals surface area contributed by atoms with E-state index in [0.717, 1.165) is 66.7 Å². The summed E-state index contributed by atoms with van der Waals surface area (Å²) in [6, 6.07) is 63.4. The number of rotatable bonds is 5. The van der Waals surface area contributed by atoms with Gasteiger partial charge >= 0.3 is 0 Å². The lowest BCUT2D eigenvalue weighted by molar-refractivity contribution is 0.618. The van der Waals surface area contributed by atoms with Crippen LogP contribution in [0.2, 0.25) is 0 Å². The number of nitrogens with zero attached hydrogens (tertiary/aromatic N) is 4. The molecular weight excluding hydrogens is 689 g/mol. The fraction of sp³-hybridized carbons (Fsp3) is 0. The highest BCUT2D eigenvalue weighted by Gasteiger charge is 2.18. The molecule has 0 saturated carbocycles. The first-order valence-electron chi connectivity index (χ1n) is 18.7. The zero-order valence-electron chi connectivity index (χ0n) is 29.9. The SMILES string of the molecule is c1ccc(-n2c3ccccc3c3cc(-c4ccc5oc(-c6ccc7oc(-c8ccc9c(c8)c8ccccc8n9-c8ccccc8)nc7c6)nc5c4)ccc32)cc1. The maximum atomic E-state index is 6.33. The van der Waals surface area contributed by atoms with Crippen LogP contribution in [0, 0.1) is 0 Å². The van der Waals surface area contributed by atoms with Gasteiger partial charge in [-0.25, -0.2) is 9.97 Å². The molecule has 8 aromatic carbocycles. The Balaban J connectivity index is 0.895. The number of aromatic nitrogens is 4. The number of hydrogen-bond acceptors (Lipinski definition) is 4. The van der Waals surface area contributed by atoms with E-state index in [4.69, 9.17) is 18.8 Å². The van der Waals surface area contributed by atoms with Crippen molar-refractivity contribution in [1.82, 2.24) is 19.1 Å². The van der Waals surface area contributed by atoms with Gasteiger partial charge in [0.15, 0.2) is 11.2 Å². The number of benzene rings is 8. The van der Waals surface area contributed by atoms with Crippen molar-refractivity contribution in [3.63, 3.8) is 0 Å². The molecule has 4 aromatic heterocycles. The summed E-state index contributed by atoms with van der Waals surface area (Å²) in [7, 11) is 0. The molecule has 0 aliphatic rings. The minimum atomic E-state index is 0.542. The Morgan fingerprint density at radius 1 is 0.321 bits per heavy atom. The van der Waals surface area contributed by atoms with Crippen molar-refractivity contribution in [3.8, 4) is 45.4 Å². The average Bonchev–Trinajstić information content (AvgIpc) is 4.04. The second kappa shape index (κ2) is 11.9. The minimum absolute atomic E-state index is 0.542. The van der Waals surface area contributed by atoms with Gasteiger partial charge in [-0.3, -0.25) is 0 Å². The zero-order chi connectivity index (χ0) is 36.7. The molecule has 0 bridgehead atoms. The van der Waals surface area contributed by atoms with Gasteiger partial charge < -0.3 is 18.0 Å². The molecule has 0 saturated heterocycles. The third-order valence-electron chi connectivity index (χ3n) is 11.0. The van der Waals surface area contributed by atoms with Crippen molar-refractivity contribution >= 4 is 65.8 Å². The van der Waals surface area contributed by atoms with Gasteiger partial charge in [0.25, 0.3) is 0 Å². The molecule has 4 heterocycles. The van der Waals surface area contributed by atoms with Crippen LogP contribution in [0.1, 0.15) is 0 Å². The van der Waals surface area contributed by atoms with Crippen LogP contribution in [0.3, 0.4) is 0 Å². The van der Waals surface area contributed by atoms with E-state index in [1.807, 2.05) is 30.3 Å². The van der Waals surface area contributed by atoms with E-state index < -0.39 is 0 Å². The van der Waals surface area contributed by atoms with Crippen LogP contribution in [0.4, 0.5) is 0 Å². The first-order chi connectivity index (χ1) is 27.7. The van der Waals surface area contributed by atoms with Gasteiger partial charge in [-0.05, 0) is 108 Å². The van der Waals surface area contributed by atoms with Crippen molar-refractivity contribution in [2.24, 2.45) is 0 Å². The summed E-state index contributed by atoms with van der Waals surface area (Å²) in [5.41, 5.74) is 13.9. The second-order valence-electron chi connectivity index (χ2n) is 14.2. The summed E-state index contributed by atoms with van der Waals surface area (Å²) in [4.78, 5) is 9.91. The summed E-state index contributed by atoms with van der Waals surface area (Å²) in [6.45, 7) is 0. The second-order valence-corrected chi connectivity index (χ2v) is 14.2. The Morgan fingerprint density at radius 3 is 1.29 bits per heavy atom. The number of oxazole rings is 2. The van der Waals surface area contributed by atoms with E-state index in [1.165, 1.54) is 27.2 Å². The standard InChI is InChI=1S/C50H30N4O2/c1-3-11-35(12-4-1)53-43-17-9-7-15-37(43)39-27-31(19-23-45(39)53)32-21-25-47-41(29-32)51-50(56-47)34-22-26-48-42(30-34)52-49(55-48)33-20-24-46-40(28-33)38-16-8-10-18-44(38)54(46)36-13-5-2-6-14-36/h1-30H. The van der Waals surface area contributed by atoms with E-state index in [2.05, 4.69) is 161 Å². The molecule has 6 heteroatoms. The first kappa shape index (κ1) is 30.7. The summed E-state index contributed by atoms with van der Waals surface area (Å²) in [6.07, 6.45) is 0. The maximum absolute atomic E-state index is 6.33. The lowest BCUT2D eigenvalue weighted by Crippen LogP contribution is -1.92. The topological polar surface area (TPSA) is 61.9 Å². The molecule has 0 aliphatic heterocycles. The smallest absolute Gasteiger partial charge is 0.227 e. The third-order valence-corrected chi connectivity index (χ3v) is 11.0. The van der Waals surface area contributed by atoms with Crippen LogP contribution in [0.5, 0.6) is 0 Å². The normalized spacial score (nSPS) is 11.9. The van der Waals surface area contributed by atoms with Gasteiger partial charge in [0.05, 0.1) is 22.1 Å². The van der Waals surface area contributed by atoms with Gasteiger partial charge in [0.2, 0.25) is 11.8 Å². The fourth-order valence-corrected chi connectivity index (χ4v) is 8.38. The predicted octanol–water partition coefficient (Wildman–Crippen LogP) is 13.2. The quantitative estimate of drug-likeness (QED) is 0.178. The van der Waals surface area contributed by atoms with Crippen molar-refractivity contribution in [3.05, 3.63) is 182 Å². The van der Waals surface area contributed by atoms with Crippen LogP contribution in [0.25, 0.3) is 111 Å². The van der Waals surface area contributed by atoms with Crippen molar-refractivity contribution in [2.45, 2.75) is 0 Å². The van der Waals surface area contributed by atoms with Crippen LogP contribution in [-0.2, 0) is 0 Å². The molecule has 0 atom stereocenters. The summed E-state index contributed by atoms with van der Waals surface area (Å²) in [5.74, 6) is 1.11. The van der Waals surface area contributed by atoms with Gasteiger partial charge in [-0.15, -0.1) is 0 Å². The molecule has 0 unspecified atom stereocenters. The molecule has 0 fully saturated rings. The molecule has 56 heavy (non-hydrogen) atoms. The Hall–Kier alpha value is -7.70. The van der Waals surface area contributed by atoms with E-state index >= 15 is 0 Å². The van der Waals surface area contributed by atoms with Gasteiger partial charge in [-0.2, -0.15) is 0 Å². The van der Waals surface area contributed by atoms with Gasteiger partial charge in [-0.1, -0.05) is 84.9 Å². The molecule has 0 radical (unpaired) electrons. The predicted molar refractivity (Wildman–Crippen MR) is 227 cm³/mol. The molecule has 0 N–H and O–H groups in total. The van der Waals surface area contributed by atoms with Crippen LogP contribution in [-0.4, -0.2) is 19.1 Å². The number of fused-ring (bicyclic) bond motifs is 8. The molecular formula is C50H30N4O2. The largest absolute Gasteiger partial charge is 0.436 e. The van der Waals surface area contributed by atoms with Crippen LogP contribution in [0.15, 0.2) is 191 Å². The maximum Gasteiger partial charge on any atom is 0.227 e. The monoisotopic (exact) mass is 718 g/mol.